The standard InChI is InChI=1S/C27H24FN3O6/c1-11-13-3-4-18(30-25(32)12-8-36-9-12)22-15-7-31-20(23(15)29-19(21(13)22)6-17(11)28)5-14-16(26(31)33)10-37-27(34)24(14)35-2/h5-6,12,18,24H,3-4,7-10H2,1-2H3,(H,30,32)/t18-,24?/m1/s1. The van der Waals surface area contributed by atoms with Gasteiger partial charge in [-0.25, -0.2) is 14.2 Å². The van der Waals surface area contributed by atoms with Gasteiger partial charge in [-0.05, 0) is 42.5 Å². The number of aryl methyl sites for hydroxylation is 1. The molecule has 190 valence electrons. The van der Waals surface area contributed by atoms with Crippen LogP contribution in [0.15, 0.2) is 16.9 Å². The van der Waals surface area contributed by atoms with Crippen LogP contribution in [0.2, 0.25) is 0 Å². The van der Waals surface area contributed by atoms with Crippen LogP contribution in [0.4, 0.5) is 4.39 Å². The topological polar surface area (TPSA) is 109 Å². The van der Waals surface area contributed by atoms with E-state index >= 15 is 0 Å². The van der Waals surface area contributed by atoms with Gasteiger partial charge >= 0.3 is 5.97 Å². The molecule has 4 aliphatic rings. The predicted molar refractivity (Wildman–Crippen MR) is 128 cm³/mol. The maximum Gasteiger partial charge on any atom is 0.340 e. The number of carbonyl (C=O) groups excluding carboxylic acids is 2. The summed E-state index contributed by atoms with van der Waals surface area (Å²) in [4.78, 5) is 43.6. The van der Waals surface area contributed by atoms with Crippen LogP contribution in [0.25, 0.3) is 22.3 Å². The van der Waals surface area contributed by atoms with Crippen LogP contribution in [0.1, 0.15) is 51.9 Å². The van der Waals surface area contributed by atoms with Gasteiger partial charge in [0.15, 0.2) is 6.10 Å². The molecule has 2 aromatic heterocycles. The van der Waals surface area contributed by atoms with Gasteiger partial charge in [0.25, 0.3) is 5.56 Å². The lowest BCUT2D eigenvalue weighted by Crippen LogP contribution is -2.44. The Kier molecular flexibility index (Phi) is 4.84. The molecule has 7 rings (SSSR count). The Bertz CT molecular complexity index is 1610. The molecule has 0 bridgehead atoms. The molecule has 3 aromatic rings. The average molecular weight is 506 g/mol. The lowest BCUT2D eigenvalue weighted by Gasteiger charge is -2.32. The number of amides is 1. The Labute approximate surface area is 210 Å². The Balaban J connectivity index is 1.46. The molecule has 1 aromatic carbocycles. The number of halogens is 1. The normalized spacial score (nSPS) is 21.6. The Morgan fingerprint density at radius 2 is 2.03 bits per heavy atom. The second kappa shape index (κ2) is 7.93. The molecule has 10 heteroatoms. The summed E-state index contributed by atoms with van der Waals surface area (Å²) in [6.45, 7) is 2.70. The van der Waals surface area contributed by atoms with E-state index < -0.39 is 12.1 Å². The summed E-state index contributed by atoms with van der Waals surface area (Å²) < 4.78 is 32.3. The van der Waals surface area contributed by atoms with Crippen molar-refractivity contribution in [1.29, 1.82) is 0 Å². The van der Waals surface area contributed by atoms with Crippen LogP contribution in [0.3, 0.4) is 0 Å². The smallest absolute Gasteiger partial charge is 0.340 e. The second-order valence-electron chi connectivity index (χ2n) is 10.1. The summed E-state index contributed by atoms with van der Waals surface area (Å²) in [5.74, 6) is -1.14. The number of aromatic nitrogens is 2. The largest absolute Gasteiger partial charge is 0.458 e. The van der Waals surface area contributed by atoms with Gasteiger partial charge in [0.1, 0.15) is 12.4 Å². The number of carbonyl (C=O) groups is 2. The fraction of sp³-hybridized carbons (Fsp3) is 0.407. The van der Waals surface area contributed by atoms with Gasteiger partial charge < -0.3 is 24.1 Å². The van der Waals surface area contributed by atoms with Gasteiger partial charge in [0.2, 0.25) is 5.91 Å². The van der Waals surface area contributed by atoms with E-state index in [4.69, 9.17) is 19.2 Å². The van der Waals surface area contributed by atoms with E-state index in [1.165, 1.54) is 13.2 Å². The molecular weight excluding hydrogens is 481 g/mol. The number of rotatable bonds is 3. The summed E-state index contributed by atoms with van der Waals surface area (Å²) in [5.41, 5.74) is 5.32. The van der Waals surface area contributed by atoms with E-state index in [2.05, 4.69) is 5.32 Å². The van der Waals surface area contributed by atoms with Crippen molar-refractivity contribution in [2.75, 3.05) is 20.3 Å². The van der Waals surface area contributed by atoms with E-state index in [0.29, 0.717) is 59.7 Å². The molecule has 1 unspecified atom stereocenters. The van der Waals surface area contributed by atoms with E-state index in [9.17, 15) is 18.8 Å². The number of cyclic esters (lactones) is 1. The quantitative estimate of drug-likeness (QED) is 0.426. The number of methoxy groups -OCH3 is 1. The zero-order valence-electron chi connectivity index (χ0n) is 20.4. The van der Waals surface area contributed by atoms with Gasteiger partial charge in [-0.2, -0.15) is 0 Å². The molecule has 1 aliphatic carbocycles. The molecule has 37 heavy (non-hydrogen) atoms. The van der Waals surface area contributed by atoms with Gasteiger partial charge in [0.05, 0.1) is 54.2 Å². The number of nitrogens with zero attached hydrogens (tertiary/aromatic N) is 2. The van der Waals surface area contributed by atoms with Crippen LogP contribution in [-0.2, 0) is 43.4 Å². The Morgan fingerprint density at radius 1 is 1.22 bits per heavy atom. The van der Waals surface area contributed by atoms with E-state index in [1.807, 2.05) is 0 Å². The van der Waals surface area contributed by atoms with Crippen molar-refractivity contribution in [3.63, 3.8) is 0 Å². The number of hydrogen-bond donors (Lipinski definition) is 1. The summed E-state index contributed by atoms with van der Waals surface area (Å²) in [7, 11) is 1.39. The molecule has 9 nitrogen and oxygen atoms in total. The van der Waals surface area contributed by atoms with Crippen molar-refractivity contribution in [1.82, 2.24) is 14.9 Å². The molecule has 5 heterocycles. The van der Waals surface area contributed by atoms with Gasteiger partial charge in [-0.15, -0.1) is 0 Å². The van der Waals surface area contributed by atoms with Crippen LogP contribution < -0.4 is 10.9 Å². The molecule has 0 radical (unpaired) electrons. The molecule has 1 fully saturated rings. The molecular formula is C27H24FN3O6. The third-order valence-corrected chi connectivity index (χ3v) is 8.19. The van der Waals surface area contributed by atoms with Gasteiger partial charge in [0, 0.05) is 29.7 Å². The minimum absolute atomic E-state index is 0.0704. The zero-order valence-corrected chi connectivity index (χ0v) is 20.4. The molecule has 0 saturated carbocycles. The third kappa shape index (κ3) is 3.09. The van der Waals surface area contributed by atoms with Crippen molar-refractivity contribution in [2.24, 2.45) is 5.92 Å². The molecule has 2 atom stereocenters. The SMILES string of the molecule is COC1C(=O)OCc2c1cc1n(c2=O)Cc2c-1nc1cc(F)c(C)c3c1c2[C@H](NC(=O)C1COC1)CC3. The van der Waals surface area contributed by atoms with Gasteiger partial charge in [-0.3, -0.25) is 9.59 Å². The maximum atomic E-state index is 14.9. The highest BCUT2D eigenvalue weighted by atomic mass is 19.1. The van der Waals surface area contributed by atoms with Crippen LogP contribution >= 0.6 is 0 Å². The molecule has 1 saturated heterocycles. The number of nitrogens with one attached hydrogen (secondary N) is 1. The van der Waals surface area contributed by atoms with Crippen LogP contribution in [0.5, 0.6) is 0 Å². The molecule has 0 spiro atoms. The van der Waals surface area contributed by atoms with Crippen molar-refractivity contribution >= 4 is 22.8 Å². The van der Waals surface area contributed by atoms with Crippen molar-refractivity contribution in [2.45, 2.75) is 45.1 Å². The van der Waals surface area contributed by atoms with Crippen molar-refractivity contribution < 1.29 is 28.2 Å². The van der Waals surface area contributed by atoms with Crippen LogP contribution in [-0.4, -0.2) is 41.8 Å². The number of fused-ring (bicyclic) bond motifs is 5. The number of pyridine rings is 2. The van der Waals surface area contributed by atoms with Crippen molar-refractivity contribution in [3.8, 4) is 11.4 Å². The number of benzene rings is 1. The summed E-state index contributed by atoms with van der Waals surface area (Å²) in [6.07, 6.45) is 0.210. The highest BCUT2D eigenvalue weighted by molar-refractivity contribution is 5.94. The highest BCUT2D eigenvalue weighted by Gasteiger charge is 2.39. The van der Waals surface area contributed by atoms with E-state index in [-0.39, 0.29) is 42.4 Å². The molecule has 1 N–H and O–H groups in total. The average Bonchev–Trinajstić information content (AvgIpc) is 3.20. The number of ether oxygens (including phenoxy) is 3. The molecule has 3 aliphatic heterocycles. The number of esters is 1. The lowest BCUT2D eigenvalue weighted by molar-refractivity contribution is -0.159. The predicted octanol–water partition coefficient (Wildman–Crippen LogP) is 2.37. The fourth-order valence-electron chi connectivity index (χ4n) is 6.13. The summed E-state index contributed by atoms with van der Waals surface area (Å²) in [5, 5.41) is 4.04. The Hall–Kier alpha value is -3.63. The van der Waals surface area contributed by atoms with Crippen LogP contribution in [0, 0.1) is 18.7 Å². The highest BCUT2D eigenvalue weighted by Crippen LogP contribution is 2.45. The lowest BCUT2D eigenvalue weighted by atomic mass is 9.81. The maximum absolute atomic E-state index is 14.9. The molecule has 1 amide bonds. The zero-order chi connectivity index (χ0) is 25.6. The minimum atomic E-state index is -1.01. The third-order valence-electron chi connectivity index (χ3n) is 8.19. The first-order valence-corrected chi connectivity index (χ1v) is 12.4. The van der Waals surface area contributed by atoms with E-state index in [1.54, 1.807) is 17.6 Å². The fourth-order valence-corrected chi connectivity index (χ4v) is 6.13. The summed E-state index contributed by atoms with van der Waals surface area (Å²) in [6, 6.07) is 2.88. The first kappa shape index (κ1) is 22.6. The number of hydrogen-bond acceptors (Lipinski definition) is 7. The monoisotopic (exact) mass is 505 g/mol. The first-order valence-electron chi connectivity index (χ1n) is 12.4. The first-order chi connectivity index (χ1) is 17.9. The second-order valence-corrected chi connectivity index (χ2v) is 10.1. The Morgan fingerprint density at radius 3 is 2.76 bits per heavy atom. The van der Waals surface area contributed by atoms with E-state index in [0.717, 1.165) is 22.1 Å². The minimum Gasteiger partial charge on any atom is -0.458 e. The van der Waals surface area contributed by atoms with Crippen molar-refractivity contribution in [3.05, 3.63) is 61.7 Å². The van der Waals surface area contributed by atoms with Gasteiger partial charge in [-0.1, -0.05) is 0 Å². The summed E-state index contributed by atoms with van der Waals surface area (Å²) >= 11 is 0.